The number of hydrogen-bond donors (Lipinski definition) is 7. The summed E-state index contributed by atoms with van der Waals surface area (Å²) in [5, 5.41) is 34.8. The van der Waals surface area contributed by atoms with Gasteiger partial charge in [0.2, 0.25) is 11.8 Å². The Labute approximate surface area is 319 Å². The second-order valence-electron chi connectivity index (χ2n) is 15.1. The predicted molar refractivity (Wildman–Crippen MR) is 206 cm³/mol. The highest BCUT2D eigenvalue weighted by atomic mass is 16.4. The number of aliphatic hydroxyl groups excluding tert-OH is 2. The number of carbonyl (C=O) groups excluding carboxylic acids is 4. The first-order chi connectivity index (χ1) is 25.8. The molecule has 13 nitrogen and oxygen atoms in total. The van der Waals surface area contributed by atoms with Crippen LogP contribution in [0, 0.1) is 17.8 Å². The molecule has 13 heteroatoms. The van der Waals surface area contributed by atoms with Crippen molar-refractivity contribution >= 4 is 29.4 Å². The fraction of sp³-hybridized carbons (Fsp3) is 0.585. The van der Waals surface area contributed by atoms with Gasteiger partial charge in [0.25, 0.3) is 0 Å². The number of benzene rings is 2. The second kappa shape index (κ2) is 22.4. The van der Waals surface area contributed by atoms with Crippen LogP contribution < -0.4 is 22.1 Å². The average molecular weight is 752 g/mol. The number of nitrogens with two attached hydrogens (primary N) is 2. The molecule has 1 unspecified atom stereocenters. The lowest BCUT2D eigenvalue weighted by Gasteiger charge is -2.41. The predicted octanol–water partition coefficient (Wildman–Crippen LogP) is 2.00. The summed E-state index contributed by atoms with van der Waals surface area (Å²) < 4.78 is 0. The molecule has 1 fully saturated rings. The van der Waals surface area contributed by atoms with Gasteiger partial charge in [-0.3, -0.25) is 29.3 Å². The Bertz CT molecular complexity index is 1480. The van der Waals surface area contributed by atoms with Crippen molar-refractivity contribution in [2.45, 2.75) is 102 Å². The van der Waals surface area contributed by atoms with Crippen molar-refractivity contribution in [1.82, 2.24) is 15.5 Å². The van der Waals surface area contributed by atoms with Crippen LogP contribution in [0.3, 0.4) is 0 Å². The first kappa shape index (κ1) is 44.4. The molecule has 1 aliphatic heterocycles. The van der Waals surface area contributed by atoms with Gasteiger partial charge < -0.3 is 37.0 Å². The molecule has 0 radical (unpaired) electrons. The quantitative estimate of drug-likeness (QED) is 0.0768. The molecule has 5 atom stereocenters. The van der Waals surface area contributed by atoms with Gasteiger partial charge in [-0.15, -0.1) is 0 Å². The molecule has 0 bridgehead atoms. The number of aliphatic carboxylic acids is 1. The molecular weight excluding hydrogens is 690 g/mol. The molecule has 0 saturated carbocycles. The highest BCUT2D eigenvalue weighted by molar-refractivity contribution is 5.95. The third-order valence-corrected chi connectivity index (χ3v) is 10.3. The topological polar surface area (TPSA) is 225 Å². The maximum atomic E-state index is 14.1. The van der Waals surface area contributed by atoms with Crippen LogP contribution in [0.25, 0.3) is 0 Å². The zero-order chi connectivity index (χ0) is 39.7. The molecule has 2 aromatic rings. The average Bonchev–Trinajstić information content (AvgIpc) is 3.16. The summed E-state index contributed by atoms with van der Waals surface area (Å²) in [4.78, 5) is 69.4. The molecule has 0 aromatic heterocycles. The zero-order valence-corrected chi connectivity index (χ0v) is 31.8. The Morgan fingerprint density at radius 1 is 0.852 bits per heavy atom. The maximum Gasteiger partial charge on any atom is 0.324 e. The second-order valence-corrected chi connectivity index (χ2v) is 15.1. The summed E-state index contributed by atoms with van der Waals surface area (Å²) in [6.45, 7) is 3.94. The van der Waals surface area contributed by atoms with Gasteiger partial charge in [-0.1, -0.05) is 80.9 Å². The van der Waals surface area contributed by atoms with E-state index in [9.17, 15) is 39.3 Å². The Morgan fingerprint density at radius 2 is 1.43 bits per heavy atom. The number of carboxylic acids is 1. The molecule has 0 spiro atoms. The number of ketones is 2. The van der Waals surface area contributed by atoms with Crippen LogP contribution in [0.5, 0.6) is 0 Å². The molecule has 9 N–H and O–H groups in total. The number of likely N-dealkylation sites (tertiary alicyclic amines) is 1. The lowest BCUT2D eigenvalue weighted by Crippen LogP contribution is -2.61. The number of carboxylic acid groups (broad SMARTS) is 1. The van der Waals surface area contributed by atoms with Crippen molar-refractivity contribution in [2.75, 3.05) is 32.8 Å². The van der Waals surface area contributed by atoms with E-state index in [1.54, 1.807) is 4.90 Å². The number of nitrogens with zero attached hydrogens (tertiary/aromatic N) is 1. The van der Waals surface area contributed by atoms with Gasteiger partial charge >= 0.3 is 5.97 Å². The van der Waals surface area contributed by atoms with E-state index < -0.39 is 54.0 Å². The molecule has 1 heterocycles. The first-order valence-electron chi connectivity index (χ1n) is 19.2. The minimum atomic E-state index is -1.37. The number of amides is 2. The van der Waals surface area contributed by atoms with Gasteiger partial charge in [0.1, 0.15) is 5.54 Å². The van der Waals surface area contributed by atoms with Crippen LogP contribution >= 0.6 is 0 Å². The van der Waals surface area contributed by atoms with Gasteiger partial charge in [0.05, 0.1) is 24.8 Å². The van der Waals surface area contributed by atoms with Gasteiger partial charge in [0.15, 0.2) is 11.6 Å². The highest BCUT2D eigenvalue weighted by Gasteiger charge is 2.43. The van der Waals surface area contributed by atoms with Gasteiger partial charge in [-0.05, 0) is 68.5 Å². The minimum Gasteiger partial charge on any atom is -0.480 e. The number of nitrogens with one attached hydrogen (secondary N) is 2. The summed E-state index contributed by atoms with van der Waals surface area (Å²) in [7, 11) is 0. The van der Waals surface area contributed by atoms with Gasteiger partial charge in [0, 0.05) is 44.3 Å². The van der Waals surface area contributed by atoms with Crippen molar-refractivity contribution in [3.8, 4) is 0 Å². The van der Waals surface area contributed by atoms with E-state index in [0.717, 1.165) is 11.1 Å². The van der Waals surface area contributed by atoms with Crippen molar-refractivity contribution in [3.63, 3.8) is 0 Å². The van der Waals surface area contributed by atoms with E-state index in [1.807, 2.05) is 74.5 Å². The normalized spacial score (nSPS) is 16.9. The SMILES string of the molecule is CC(C)C[C@@H](NC(=O)[C@H](CC(=O)[C@H](N)Cc1ccccc1)Cc1ccccc1)C(=O)C[C@H](CCCCN)C(=O)N1CCC(NCC(O)CO)(C(=O)O)CC1. The monoisotopic (exact) mass is 751 g/mol. The van der Waals surface area contributed by atoms with Crippen molar-refractivity contribution < 1.29 is 39.3 Å². The summed E-state index contributed by atoms with van der Waals surface area (Å²) in [5.41, 5.74) is 12.5. The Kier molecular flexibility index (Phi) is 18.4. The number of β-amino-alcohol motifs (C(OH)–C–C–N with tert-alkyl or cyclic N) is 1. The molecule has 54 heavy (non-hydrogen) atoms. The highest BCUT2D eigenvalue weighted by Crippen LogP contribution is 2.27. The number of carbonyl (C=O) groups is 5. The number of hydrogen-bond acceptors (Lipinski definition) is 10. The summed E-state index contributed by atoms with van der Waals surface area (Å²) in [5.74, 6) is -3.77. The Balaban J connectivity index is 1.77. The molecule has 3 rings (SSSR count). The lowest BCUT2D eigenvalue weighted by atomic mass is 9.85. The third kappa shape index (κ3) is 14.0. The fourth-order valence-corrected chi connectivity index (χ4v) is 7.01. The maximum absolute atomic E-state index is 14.1. The lowest BCUT2D eigenvalue weighted by molar-refractivity contribution is -0.151. The van der Waals surface area contributed by atoms with Gasteiger partial charge in [-0.25, -0.2) is 0 Å². The fourth-order valence-electron chi connectivity index (χ4n) is 7.01. The Hall–Kier alpha value is -4.01. The Morgan fingerprint density at radius 3 is 1.96 bits per heavy atom. The number of aliphatic hydroxyl groups is 2. The number of rotatable bonds is 24. The van der Waals surface area contributed by atoms with Gasteiger partial charge in [-0.2, -0.15) is 0 Å². The molecule has 1 saturated heterocycles. The standard InChI is InChI=1S/C41H61N5O8/c1-28(2)21-35(45-38(51)32(22-29-11-5-3-6-12-29)25-36(49)34(43)23-30-13-7-4-8-14-30)37(50)24-31(15-9-10-18-42)39(52)46-19-16-41(17-20-46,40(53)54)44-26-33(48)27-47/h3-8,11-14,28,31-35,44,47-48H,9-10,15-27,42-43H2,1-2H3,(H,45,51)(H,53,54)/t31-,32-,33?,34+,35+/m0/s1. The van der Waals surface area contributed by atoms with E-state index >= 15 is 0 Å². The summed E-state index contributed by atoms with van der Waals surface area (Å²) in [6, 6.07) is 17.1. The van der Waals surface area contributed by atoms with Crippen LogP contribution in [0.1, 0.15) is 76.3 Å². The molecule has 1 aliphatic rings. The van der Waals surface area contributed by atoms with Crippen molar-refractivity contribution in [1.29, 1.82) is 0 Å². The third-order valence-electron chi connectivity index (χ3n) is 10.3. The summed E-state index contributed by atoms with van der Waals surface area (Å²) >= 11 is 0. The smallest absolute Gasteiger partial charge is 0.324 e. The van der Waals surface area contributed by atoms with Crippen LogP contribution in [0.4, 0.5) is 0 Å². The van der Waals surface area contributed by atoms with Crippen LogP contribution in [-0.2, 0) is 36.8 Å². The first-order valence-corrected chi connectivity index (χ1v) is 19.2. The molecule has 298 valence electrons. The summed E-state index contributed by atoms with van der Waals surface area (Å²) in [6.07, 6.45) is 1.45. The largest absolute Gasteiger partial charge is 0.480 e. The van der Waals surface area contributed by atoms with Crippen molar-refractivity contribution in [2.24, 2.45) is 29.2 Å². The van der Waals surface area contributed by atoms with E-state index in [0.29, 0.717) is 38.6 Å². The van der Waals surface area contributed by atoms with Crippen LogP contribution in [-0.4, -0.2) is 106 Å². The number of unbranched alkanes of at least 4 members (excludes halogenated alkanes) is 1. The van der Waals surface area contributed by atoms with Crippen LogP contribution in [0.2, 0.25) is 0 Å². The van der Waals surface area contributed by atoms with Crippen LogP contribution in [0.15, 0.2) is 60.7 Å². The molecule has 0 aliphatic carbocycles. The van der Waals surface area contributed by atoms with Crippen molar-refractivity contribution in [3.05, 3.63) is 71.8 Å². The van der Waals surface area contributed by atoms with E-state index in [4.69, 9.17) is 11.5 Å². The molecule has 2 amide bonds. The zero-order valence-electron chi connectivity index (χ0n) is 31.8. The minimum absolute atomic E-state index is 0.0298. The number of Topliss-reactive ketones (excluding diaryl/α,β-unsaturated/α-hetero) is 2. The van der Waals surface area contributed by atoms with E-state index in [-0.39, 0.29) is 75.1 Å². The molecule has 2 aromatic carbocycles. The van der Waals surface area contributed by atoms with E-state index in [2.05, 4.69) is 10.6 Å². The number of piperidine rings is 1. The van der Waals surface area contributed by atoms with E-state index in [1.165, 1.54) is 0 Å². The molecular formula is C41H61N5O8.